The van der Waals surface area contributed by atoms with Gasteiger partial charge in [0.05, 0.1) is 19.8 Å². The first-order valence-electron chi connectivity index (χ1n) is 18.0. The summed E-state index contributed by atoms with van der Waals surface area (Å²) in [6, 6.07) is 3.96. The number of rotatable bonds is 26. The molecule has 0 saturated carbocycles. The maximum atomic E-state index is 13.4. The molecule has 0 aromatic heterocycles. The van der Waals surface area contributed by atoms with E-state index < -0.39 is 36.0 Å². The Morgan fingerprint density at radius 3 is 2.11 bits per heavy atom. The molecule has 0 spiro atoms. The van der Waals surface area contributed by atoms with E-state index in [4.69, 9.17) is 19.9 Å². The average Bonchev–Trinajstić information content (AvgIpc) is 3.44. The van der Waals surface area contributed by atoms with E-state index in [0.717, 1.165) is 11.3 Å². The molecule has 0 unspecified atom stereocenters. The number of carbonyl (C=O) groups is 7. The van der Waals surface area contributed by atoms with Crippen molar-refractivity contribution in [3.8, 4) is 0 Å². The van der Waals surface area contributed by atoms with Gasteiger partial charge in [0.25, 0.3) is 11.8 Å². The Morgan fingerprint density at radius 1 is 0.792 bits per heavy atom. The van der Waals surface area contributed by atoms with Crippen molar-refractivity contribution in [1.29, 1.82) is 0 Å². The lowest BCUT2D eigenvalue weighted by Crippen LogP contribution is -2.54. The highest BCUT2D eigenvalue weighted by Crippen LogP contribution is 2.13. The van der Waals surface area contributed by atoms with Gasteiger partial charge < -0.3 is 46.5 Å². The summed E-state index contributed by atoms with van der Waals surface area (Å²) in [5.74, 6) is -2.41. The van der Waals surface area contributed by atoms with Gasteiger partial charge in [0.1, 0.15) is 18.7 Å². The minimum absolute atomic E-state index is 0.00202. The number of benzene rings is 1. The van der Waals surface area contributed by atoms with Gasteiger partial charge in [-0.15, -0.1) is 0 Å². The topological polar surface area (TPSA) is 237 Å². The monoisotopic (exact) mass is 745 g/mol. The van der Waals surface area contributed by atoms with Crippen molar-refractivity contribution in [2.75, 3.05) is 51.4 Å². The van der Waals surface area contributed by atoms with Crippen LogP contribution in [0.2, 0.25) is 0 Å². The lowest BCUT2D eigenvalue weighted by atomic mass is 10.0. The van der Waals surface area contributed by atoms with Gasteiger partial charge in [-0.2, -0.15) is 0 Å². The predicted molar refractivity (Wildman–Crippen MR) is 195 cm³/mol. The number of nitrogens with zero attached hydrogens (tertiary/aromatic N) is 1. The van der Waals surface area contributed by atoms with Crippen molar-refractivity contribution in [1.82, 2.24) is 26.2 Å². The van der Waals surface area contributed by atoms with E-state index >= 15 is 0 Å². The fraction of sp³-hybridized carbons (Fsp3) is 0.583. The molecule has 1 aliphatic rings. The number of carbonyl (C=O) groups excluding carboxylic acids is 7. The van der Waals surface area contributed by atoms with Gasteiger partial charge in [-0.3, -0.25) is 28.9 Å². The van der Waals surface area contributed by atoms with Crippen LogP contribution in [0, 0.1) is 5.92 Å². The summed E-state index contributed by atoms with van der Waals surface area (Å²) in [5, 5.41) is 13.3. The highest BCUT2D eigenvalue weighted by molar-refractivity contribution is 6.12. The van der Waals surface area contributed by atoms with Crippen LogP contribution in [0.3, 0.4) is 0 Å². The molecular weight excluding hydrogens is 690 g/mol. The molecule has 1 aliphatic heterocycles. The molecule has 17 nitrogen and oxygen atoms in total. The van der Waals surface area contributed by atoms with E-state index in [0.29, 0.717) is 63.4 Å². The maximum absolute atomic E-state index is 13.4. The first-order chi connectivity index (χ1) is 25.4. The molecule has 1 aromatic carbocycles. The van der Waals surface area contributed by atoms with Crippen LogP contribution in [0.25, 0.3) is 0 Å². The Balaban J connectivity index is 1.86. The van der Waals surface area contributed by atoms with Crippen molar-refractivity contribution >= 4 is 47.3 Å². The molecule has 1 heterocycles. The number of imide groups is 1. The van der Waals surface area contributed by atoms with E-state index in [1.807, 2.05) is 6.92 Å². The third kappa shape index (κ3) is 18.3. The van der Waals surface area contributed by atoms with Crippen molar-refractivity contribution in [2.45, 2.75) is 84.4 Å². The molecule has 7 N–H and O–H groups in total. The van der Waals surface area contributed by atoms with Crippen LogP contribution in [-0.4, -0.2) is 105 Å². The number of alkyl carbamates (subject to hydrolysis) is 1. The second-order valence-electron chi connectivity index (χ2n) is 12.7. The Morgan fingerprint density at radius 2 is 1.47 bits per heavy atom. The molecular formula is C36H55N7O10. The van der Waals surface area contributed by atoms with Crippen LogP contribution in [0.5, 0.6) is 0 Å². The van der Waals surface area contributed by atoms with Gasteiger partial charge in [-0.25, -0.2) is 9.59 Å². The van der Waals surface area contributed by atoms with Crippen LogP contribution in [0.15, 0.2) is 36.4 Å². The first-order valence-corrected chi connectivity index (χ1v) is 18.0. The second-order valence-corrected chi connectivity index (χ2v) is 12.7. The lowest BCUT2D eigenvalue weighted by molar-refractivity contribution is -0.137. The van der Waals surface area contributed by atoms with Crippen LogP contribution < -0.4 is 32.3 Å². The molecule has 294 valence electrons. The quantitative estimate of drug-likeness (QED) is 0.0595. The van der Waals surface area contributed by atoms with Gasteiger partial charge in [-0.05, 0) is 55.7 Å². The Bertz CT molecular complexity index is 1370. The highest BCUT2D eigenvalue weighted by atomic mass is 16.5. The molecule has 2 rings (SSSR count). The summed E-state index contributed by atoms with van der Waals surface area (Å²) in [6.45, 7) is 8.23. The Labute approximate surface area is 310 Å². The number of primary amides is 1. The molecule has 1 aromatic rings. The third-order valence-electron chi connectivity index (χ3n) is 7.88. The number of ether oxygens (including phenoxy) is 3. The molecule has 8 amide bonds. The van der Waals surface area contributed by atoms with Gasteiger partial charge in [-0.1, -0.05) is 39.3 Å². The fourth-order valence-corrected chi connectivity index (χ4v) is 5.02. The highest BCUT2D eigenvalue weighted by Gasteiger charge is 2.29. The smallest absolute Gasteiger partial charge is 0.407 e. The lowest BCUT2D eigenvalue weighted by Gasteiger charge is -2.25. The number of hydrogen-bond donors (Lipinski definition) is 6. The van der Waals surface area contributed by atoms with E-state index in [2.05, 4.69) is 26.6 Å². The molecule has 17 heteroatoms. The van der Waals surface area contributed by atoms with Crippen molar-refractivity contribution in [3.05, 3.63) is 42.0 Å². The van der Waals surface area contributed by atoms with Gasteiger partial charge in [0.2, 0.25) is 17.7 Å². The zero-order valence-electron chi connectivity index (χ0n) is 30.9. The summed E-state index contributed by atoms with van der Waals surface area (Å²) in [6.07, 6.45) is 5.04. The first kappa shape index (κ1) is 44.1. The number of nitrogens with one attached hydrogen (secondary N) is 5. The van der Waals surface area contributed by atoms with Crippen molar-refractivity contribution in [3.63, 3.8) is 0 Å². The van der Waals surface area contributed by atoms with Crippen molar-refractivity contribution < 1.29 is 47.8 Å². The normalized spacial score (nSPS) is 13.4. The Kier molecular flexibility index (Phi) is 20.8. The minimum atomic E-state index is -1.01. The predicted octanol–water partition coefficient (Wildman–Crippen LogP) is 1.85. The zero-order valence-corrected chi connectivity index (χ0v) is 30.9. The third-order valence-corrected chi connectivity index (χ3v) is 7.88. The largest absolute Gasteiger partial charge is 0.445 e. The fourth-order valence-electron chi connectivity index (χ4n) is 5.02. The van der Waals surface area contributed by atoms with Crippen molar-refractivity contribution in [2.24, 2.45) is 11.7 Å². The Hall–Kier alpha value is -5.03. The number of urea groups is 1. The molecule has 0 aliphatic carbocycles. The van der Waals surface area contributed by atoms with Gasteiger partial charge in [0.15, 0.2) is 0 Å². The number of unbranched alkanes of at least 4 members (excludes halogenated alkanes) is 2. The summed E-state index contributed by atoms with van der Waals surface area (Å²) in [5.41, 5.74) is 6.26. The van der Waals surface area contributed by atoms with E-state index in [9.17, 15) is 33.6 Å². The van der Waals surface area contributed by atoms with E-state index in [1.165, 1.54) is 12.2 Å². The number of nitrogens with two attached hydrogens (primary N) is 1. The summed E-state index contributed by atoms with van der Waals surface area (Å²) < 4.78 is 15.9. The molecule has 2 atom stereocenters. The maximum Gasteiger partial charge on any atom is 0.407 e. The van der Waals surface area contributed by atoms with Gasteiger partial charge in [0, 0.05) is 50.5 Å². The number of anilines is 1. The molecule has 53 heavy (non-hydrogen) atoms. The number of amides is 8. The zero-order chi connectivity index (χ0) is 39.0. The molecule has 0 saturated heterocycles. The number of hydrogen-bond acceptors (Lipinski definition) is 10. The van der Waals surface area contributed by atoms with E-state index in [1.54, 1.807) is 38.1 Å². The standard InChI is InChI=1S/C36H55N7O10/c1-4-20-51-22-23-52-21-18-39-36(50)53-24-26-11-13-27(14-12-26)40-33(47)28(9-8-17-38-35(37)49)41-34(48)32(25(2)3)42-29(44)10-6-5-7-19-43-30(45)15-16-31(43)46/h11-16,25,28,32H,4-10,17-24H2,1-3H3,(H,39,50)(H,40,47)(H,41,48)(H,42,44)(H3,37,38,49)/t28-,32-/m0/s1. The molecule has 0 fully saturated rings. The molecule has 0 radical (unpaired) electrons. The summed E-state index contributed by atoms with van der Waals surface area (Å²) >= 11 is 0. The summed E-state index contributed by atoms with van der Waals surface area (Å²) in [7, 11) is 0. The van der Waals surface area contributed by atoms with Gasteiger partial charge >= 0.3 is 12.1 Å². The molecule has 0 bridgehead atoms. The second kappa shape index (κ2) is 25.0. The van der Waals surface area contributed by atoms with Crippen LogP contribution in [0.4, 0.5) is 15.3 Å². The van der Waals surface area contributed by atoms with Crippen LogP contribution in [-0.2, 0) is 44.8 Å². The average molecular weight is 746 g/mol. The summed E-state index contributed by atoms with van der Waals surface area (Å²) in [4.78, 5) is 87.2. The van der Waals surface area contributed by atoms with Crippen LogP contribution in [0.1, 0.15) is 71.3 Å². The van der Waals surface area contributed by atoms with E-state index in [-0.39, 0.29) is 62.7 Å². The SMILES string of the molecule is CCCOCCOCCNC(=O)OCc1ccc(NC(=O)[C@H](CCCNC(N)=O)NC(=O)[C@@H](NC(=O)CCCCCN2C(=O)C=CC2=O)C(C)C)cc1. The van der Waals surface area contributed by atoms with Crippen LogP contribution >= 0.6 is 0 Å². The minimum Gasteiger partial charge on any atom is -0.445 e.